The highest BCUT2D eigenvalue weighted by Gasteiger charge is 2.23. The van der Waals surface area contributed by atoms with Crippen LogP contribution in [0.3, 0.4) is 0 Å². The number of hydrogen-bond donors (Lipinski definition) is 0. The fourth-order valence-corrected chi connectivity index (χ4v) is 3.86. The number of benzene rings is 2. The lowest BCUT2D eigenvalue weighted by Crippen LogP contribution is -2.49. The van der Waals surface area contributed by atoms with Crippen molar-refractivity contribution in [1.29, 1.82) is 0 Å². The van der Waals surface area contributed by atoms with Gasteiger partial charge in [-0.25, -0.2) is 0 Å². The summed E-state index contributed by atoms with van der Waals surface area (Å²) in [6, 6.07) is 11.7. The number of carbonyl (C=O) groups excluding carboxylic acids is 2. The van der Waals surface area contributed by atoms with Gasteiger partial charge in [-0.05, 0) is 55.7 Å². The van der Waals surface area contributed by atoms with Crippen LogP contribution in [0.15, 0.2) is 36.4 Å². The van der Waals surface area contributed by atoms with Crippen LogP contribution in [0.4, 0.5) is 5.69 Å². The standard InChI is InChI=1S/C23H28N2O3/c1-17-6-4-5-7-21(17)28-13-8-22(27)24-9-11-25(12-10-24)23-18(2)14-20(16-26)15-19(23)3/h4-7,14-16H,8-13H2,1-3H3. The molecule has 1 aliphatic heterocycles. The van der Waals surface area contributed by atoms with Gasteiger partial charge >= 0.3 is 0 Å². The Morgan fingerprint density at radius 1 is 1.00 bits per heavy atom. The molecule has 1 saturated heterocycles. The highest BCUT2D eigenvalue weighted by atomic mass is 16.5. The minimum Gasteiger partial charge on any atom is -0.493 e. The molecular formula is C23H28N2O3. The van der Waals surface area contributed by atoms with E-state index in [2.05, 4.69) is 4.90 Å². The quantitative estimate of drug-likeness (QED) is 0.719. The van der Waals surface area contributed by atoms with Crippen LogP contribution in [0.1, 0.15) is 33.5 Å². The topological polar surface area (TPSA) is 49.9 Å². The van der Waals surface area contributed by atoms with Crippen molar-refractivity contribution in [3.63, 3.8) is 0 Å². The number of anilines is 1. The van der Waals surface area contributed by atoms with E-state index in [4.69, 9.17) is 4.74 Å². The van der Waals surface area contributed by atoms with Crippen LogP contribution in [-0.2, 0) is 4.79 Å². The van der Waals surface area contributed by atoms with Crippen LogP contribution in [0.25, 0.3) is 0 Å². The number of para-hydroxylation sites is 1. The van der Waals surface area contributed by atoms with Crippen molar-refractivity contribution >= 4 is 17.9 Å². The number of piperazine rings is 1. The third kappa shape index (κ3) is 4.53. The van der Waals surface area contributed by atoms with Gasteiger partial charge in [0.1, 0.15) is 12.0 Å². The smallest absolute Gasteiger partial charge is 0.226 e. The zero-order valence-corrected chi connectivity index (χ0v) is 16.9. The summed E-state index contributed by atoms with van der Waals surface area (Å²) in [6.07, 6.45) is 1.28. The van der Waals surface area contributed by atoms with Crippen molar-refractivity contribution in [2.24, 2.45) is 0 Å². The summed E-state index contributed by atoms with van der Waals surface area (Å²) < 4.78 is 5.76. The van der Waals surface area contributed by atoms with Gasteiger partial charge in [-0.3, -0.25) is 9.59 Å². The van der Waals surface area contributed by atoms with E-state index in [-0.39, 0.29) is 5.91 Å². The minimum absolute atomic E-state index is 0.137. The first-order valence-electron chi connectivity index (χ1n) is 9.77. The van der Waals surface area contributed by atoms with Crippen molar-refractivity contribution in [3.8, 4) is 5.75 Å². The van der Waals surface area contributed by atoms with E-state index in [1.165, 1.54) is 5.69 Å². The maximum Gasteiger partial charge on any atom is 0.226 e. The molecule has 0 aliphatic carbocycles. The molecule has 28 heavy (non-hydrogen) atoms. The summed E-state index contributed by atoms with van der Waals surface area (Å²) in [6.45, 7) is 9.48. The SMILES string of the molecule is Cc1ccccc1OCCC(=O)N1CCN(c2c(C)cc(C=O)cc2C)CC1. The molecule has 3 rings (SSSR count). The summed E-state index contributed by atoms with van der Waals surface area (Å²) in [4.78, 5) is 27.8. The molecule has 1 amide bonds. The maximum absolute atomic E-state index is 12.5. The number of aldehydes is 1. The van der Waals surface area contributed by atoms with E-state index in [1.807, 2.05) is 62.1 Å². The maximum atomic E-state index is 12.5. The molecule has 2 aromatic rings. The average Bonchev–Trinajstić information content (AvgIpc) is 2.69. The number of amides is 1. The summed E-state index contributed by atoms with van der Waals surface area (Å²) in [5.41, 5.74) is 5.18. The zero-order valence-electron chi connectivity index (χ0n) is 16.9. The molecular weight excluding hydrogens is 352 g/mol. The van der Waals surface area contributed by atoms with Gasteiger partial charge < -0.3 is 14.5 Å². The van der Waals surface area contributed by atoms with Gasteiger partial charge in [0.25, 0.3) is 0 Å². The van der Waals surface area contributed by atoms with Crippen molar-refractivity contribution in [2.45, 2.75) is 27.2 Å². The lowest BCUT2D eigenvalue weighted by atomic mass is 10.0. The van der Waals surface area contributed by atoms with Crippen LogP contribution in [0.5, 0.6) is 5.75 Å². The Balaban J connectivity index is 1.52. The first-order valence-corrected chi connectivity index (χ1v) is 9.77. The number of carbonyl (C=O) groups is 2. The Morgan fingerprint density at radius 2 is 1.64 bits per heavy atom. The molecule has 1 heterocycles. The Morgan fingerprint density at radius 3 is 2.25 bits per heavy atom. The van der Waals surface area contributed by atoms with Gasteiger partial charge in [0.05, 0.1) is 13.0 Å². The first kappa shape index (κ1) is 19.9. The largest absolute Gasteiger partial charge is 0.493 e. The molecule has 1 aliphatic rings. The molecule has 2 aromatic carbocycles. The van der Waals surface area contributed by atoms with E-state index >= 15 is 0 Å². The molecule has 0 spiro atoms. The van der Waals surface area contributed by atoms with E-state index < -0.39 is 0 Å². The summed E-state index contributed by atoms with van der Waals surface area (Å²) >= 11 is 0. The molecule has 5 heteroatoms. The number of aryl methyl sites for hydroxylation is 3. The van der Waals surface area contributed by atoms with Crippen LogP contribution in [-0.4, -0.2) is 49.9 Å². The monoisotopic (exact) mass is 380 g/mol. The first-order chi connectivity index (χ1) is 13.5. The molecule has 0 atom stereocenters. The number of nitrogens with zero attached hydrogens (tertiary/aromatic N) is 2. The second-order valence-electron chi connectivity index (χ2n) is 7.35. The van der Waals surface area contributed by atoms with Gasteiger partial charge in [0.15, 0.2) is 0 Å². The molecule has 0 N–H and O–H groups in total. The molecule has 0 unspecified atom stereocenters. The summed E-state index contributed by atoms with van der Waals surface area (Å²) in [7, 11) is 0. The molecule has 0 bridgehead atoms. The molecule has 1 fully saturated rings. The normalized spacial score (nSPS) is 14.1. The fraction of sp³-hybridized carbons (Fsp3) is 0.391. The Hall–Kier alpha value is -2.82. The van der Waals surface area contributed by atoms with Crippen molar-refractivity contribution < 1.29 is 14.3 Å². The minimum atomic E-state index is 0.137. The second kappa shape index (κ2) is 8.91. The second-order valence-corrected chi connectivity index (χ2v) is 7.35. The van der Waals surface area contributed by atoms with E-state index in [0.29, 0.717) is 31.7 Å². The number of rotatable bonds is 6. The number of hydrogen-bond acceptors (Lipinski definition) is 4. The van der Waals surface area contributed by atoms with Crippen LogP contribution in [0.2, 0.25) is 0 Å². The Bertz CT molecular complexity index is 832. The predicted molar refractivity (Wildman–Crippen MR) is 111 cm³/mol. The third-order valence-corrected chi connectivity index (χ3v) is 5.27. The summed E-state index contributed by atoms with van der Waals surface area (Å²) in [5, 5.41) is 0. The Labute approximate surface area is 166 Å². The fourth-order valence-electron chi connectivity index (χ4n) is 3.86. The highest BCUT2D eigenvalue weighted by molar-refractivity contribution is 5.79. The van der Waals surface area contributed by atoms with E-state index in [1.54, 1.807) is 0 Å². The predicted octanol–water partition coefficient (Wildman–Crippen LogP) is 3.54. The molecule has 0 saturated carbocycles. The van der Waals surface area contributed by atoms with Gasteiger partial charge in [-0.2, -0.15) is 0 Å². The van der Waals surface area contributed by atoms with Crippen molar-refractivity contribution in [3.05, 3.63) is 58.7 Å². The van der Waals surface area contributed by atoms with Crippen LogP contribution < -0.4 is 9.64 Å². The van der Waals surface area contributed by atoms with Crippen LogP contribution >= 0.6 is 0 Å². The highest BCUT2D eigenvalue weighted by Crippen LogP contribution is 2.27. The summed E-state index contributed by atoms with van der Waals surface area (Å²) in [5.74, 6) is 0.975. The van der Waals surface area contributed by atoms with E-state index in [0.717, 1.165) is 41.8 Å². The molecule has 5 nitrogen and oxygen atoms in total. The van der Waals surface area contributed by atoms with Crippen LogP contribution in [0, 0.1) is 20.8 Å². The average molecular weight is 380 g/mol. The Kier molecular flexibility index (Phi) is 6.34. The third-order valence-electron chi connectivity index (χ3n) is 5.27. The lowest BCUT2D eigenvalue weighted by molar-refractivity contribution is -0.132. The number of ether oxygens (including phenoxy) is 1. The van der Waals surface area contributed by atoms with Crippen molar-refractivity contribution in [1.82, 2.24) is 4.90 Å². The van der Waals surface area contributed by atoms with Gasteiger partial charge in [0.2, 0.25) is 5.91 Å². The van der Waals surface area contributed by atoms with E-state index in [9.17, 15) is 9.59 Å². The van der Waals surface area contributed by atoms with Crippen molar-refractivity contribution in [2.75, 3.05) is 37.7 Å². The molecule has 0 aromatic heterocycles. The molecule has 0 radical (unpaired) electrons. The van der Waals surface area contributed by atoms with Gasteiger partial charge in [-0.1, -0.05) is 18.2 Å². The lowest BCUT2D eigenvalue weighted by Gasteiger charge is -2.37. The van der Waals surface area contributed by atoms with Gasteiger partial charge in [0, 0.05) is 37.4 Å². The molecule has 148 valence electrons. The van der Waals surface area contributed by atoms with Gasteiger partial charge in [-0.15, -0.1) is 0 Å². The zero-order chi connectivity index (χ0) is 20.1.